The van der Waals surface area contributed by atoms with Crippen LogP contribution in [0.5, 0.6) is 11.5 Å². The van der Waals surface area contributed by atoms with Crippen LogP contribution in [-0.2, 0) is 4.79 Å². The maximum absolute atomic E-state index is 12.7. The monoisotopic (exact) mass is 557 g/mol. The Balaban J connectivity index is 1.82. The van der Waals surface area contributed by atoms with Gasteiger partial charge in [-0.15, -0.1) is 0 Å². The molecule has 2 aromatic rings. The number of carbonyl (C=O) groups excluding carboxylic acids is 3. The van der Waals surface area contributed by atoms with E-state index in [1.807, 2.05) is 13.0 Å². The Bertz CT molecular complexity index is 1040. The molecule has 9 heteroatoms. The predicted molar refractivity (Wildman–Crippen MR) is 125 cm³/mol. The van der Waals surface area contributed by atoms with Gasteiger partial charge in [-0.1, -0.05) is 11.6 Å². The molecule has 1 aliphatic rings. The lowest BCUT2D eigenvalue weighted by Gasteiger charge is -2.12. The molecule has 0 bridgehead atoms. The van der Waals surface area contributed by atoms with E-state index in [0.29, 0.717) is 34.3 Å². The normalized spacial score (nSPS) is 15.1. The summed E-state index contributed by atoms with van der Waals surface area (Å²) in [6.07, 6.45) is 1.61. The largest absolute Gasteiger partial charge is 0.493 e. The van der Waals surface area contributed by atoms with E-state index in [2.05, 4.69) is 22.6 Å². The van der Waals surface area contributed by atoms with Crippen molar-refractivity contribution in [2.75, 3.05) is 20.3 Å². The van der Waals surface area contributed by atoms with Gasteiger partial charge in [-0.3, -0.25) is 19.3 Å². The number of hydrogen-bond acceptors (Lipinski definition) is 6. The van der Waals surface area contributed by atoms with E-state index in [4.69, 9.17) is 21.1 Å². The summed E-state index contributed by atoms with van der Waals surface area (Å²) in [4.78, 5) is 38.7. The first-order valence-corrected chi connectivity index (χ1v) is 11.2. The molecule has 0 unspecified atom stereocenters. The minimum absolute atomic E-state index is 0.242. The summed E-state index contributed by atoms with van der Waals surface area (Å²) in [5.74, 6) is 0.314. The first-order chi connectivity index (χ1) is 14.3. The topological polar surface area (TPSA) is 72.9 Å². The van der Waals surface area contributed by atoms with E-state index in [1.54, 1.807) is 36.4 Å². The summed E-state index contributed by atoms with van der Waals surface area (Å²) in [5.41, 5.74) is 1.07. The quantitative estimate of drug-likeness (QED) is 0.262. The molecule has 0 spiro atoms. The Morgan fingerprint density at radius 3 is 2.57 bits per heavy atom. The Hall–Kier alpha value is -2.04. The molecule has 0 saturated carbocycles. The highest BCUT2D eigenvalue weighted by Crippen LogP contribution is 2.37. The van der Waals surface area contributed by atoms with Crippen molar-refractivity contribution in [1.82, 2.24) is 4.90 Å². The molecule has 0 atom stereocenters. The molecule has 30 heavy (non-hydrogen) atoms. The van der Waals surface area contributed by atoms with Crippen LogP contribution in [0.25, 0.3) is 6.08 Å². The third-order valence-corrected chi connectivity index (χ3v) is 6.14. The second-order valence-corrected chi connectivity index (χ2v) is 8.76. The van der Waals surface area contributed by atoms with Gasteiger partial charge in [0.15, 0.2) is 17.3 Å². The molecule has 2 aromatic carbocycles. The minimum Gasteiger partial charge on any atom is -0.493 e. The van der Waals surface area contributed by atoms with Gasteiger partial charge in [-0.2, -0.15) is 0 Å². The Kier molecular flexibility index (Phi) is 7.43. The number of ketones is 1. The van der Waals surface area contributed by atoms with Gasteiger partial charge in [0.25, 0.3) is 11.1 Å². The molecule has 156 valence electrons. The molecule has 3 rings (SSSR count). The number of amides is 2. The molecule has 1 fully saturated rings. The summed E-state index contributed by atoms with van der Waals surface area (Å²) < 4.78 is 11.8. The van der Waals surface area contributed by atoms with Crippen LogP contribution in [0.15, 0.2) is 41.3 Å². The number of rotatable bonds is 7. The van der Waals surface area contributed by atoms with Gasteiger partial charge in [0, 0.05) is 10.6 Å². The lowest BCUT2D eigenvalue weighted by Crippen LogP contribution is -2.33. The third-order valence-electron chi connectivity index (χ3n) is 4.18. The zero-order valence-electron chi connectivity index (χ0n) is 16.1. The van der Waals surface area contributed by atoms with Gasteiger partial charge >= 0.3 is 0 Å². The summed E-state index contributed by atoms with van der Waals surface area (Å²) in [6, 6.07) is 9.87. The number of halogens is 2. The molecule has 6 nitrogen and oxygen atoms in total. The van der Waals surface area contributed by atoms with E-state index in [9.17, 15) is 14.4 Å². The Morgan fingerprint density at radius 2 is 1.93 bits per heavy atom. The van der Waals surface area contributed by atoms with Crippen LogP contribution in [0, 0.1) is 3.57 Å². The fourth-order valence-corrected chi connectivity index (χ4v) is 4.51. The van der Waals surface area contributed by atoms with Crippen molar-refractivity contribution in [2.24, 2.45) is 0 Å². The summed E-state index contributed by atoms with van der Waals surface area (Å²) in [5, 5.41) is 0.0160. The van der Waals surface area contributed by atoms with Crippen molar-refractivity contribution in [2.45, 2.75) is 6.92 Å². The van der Waals surface area contributed by atoms with Crippen molar-refractivity contribution in [3.8, 4) is 11.5 Å². The lowest BCUT2D eigenvalue weighted by molar-refractivity contribution is -0.122. The second-order valence-electron chi connectivity index (χ2n) is 6.17. The van der Waals surface area contributed by atoms with Crippen LogP contribution in [-0.4, -0.2) is 42.1 Å². The molecule has 1 saturated heterocycles. The maximum atomic E-state index is 12.7. The highest BCUT2D eigenvalue weighted by molar-refractivity contribution is 14.1. The van der Waals surface area contributed by atoms with Gasteiger partial charge in [0.1, 0.15) is 0 Å². The number of Topliss-reactive ketones (excluding diaryl/α,β-unsaturated/α-hetero) is 1. The number of hydrogen-bond donors (Lipinski definition) is 0. The van der Waals surface area contributed by atoms with E-state index in [0.717, 1.165) is 20.2 Å². The van der Waals surface area contributed by atoms with Crippen LogP contribution >= 0.6 is 46.0 Å². The highest BCUT2D eigenvalue weighted by atomic mass is 127. The first-order valence-electron chi connectivity index (χ1n) is 8.88. The van der Waals surface area contributed by atoms with Crippen molar-refractivity contribution in [3.63, 3.8) is 0 Å². The molecule has 0 radical (unpaired) electrons. The fraction of sp³-hybridized carbons (Fsp3) is 0.190. The molecule has 1 heterocycles. The van der Waals surface area contributed by atoms with E-state index in [-0.39, 0.29) is 17.2 Å². The van der Waals surface area contributed by atoms with Crippen molar-refractivity contribution in [3.05, 3.63) is 61.0 Å². The summed E-state index contributed by atoms with van der Waals surface area (Å²) in [7, 11) is 1.54. The van der Waals surface area contributed by atoms with Crippen molar-refractivity contribution >= 4 is 69.0 Å². The highest BCUT2D eigenvalue weighted by Gasteiger charge is 2.36. The van der Waals surface area contributed by atoms with E-state index >= 15 is 0 Å². The van der Waals surface area contributed by atoms with Crippen molar-refractivity contribution in [1.29, 1.82) is 0 Å². The SMILES string of the molecule is CCOc1c(I)cc(/C=C2/SC(=O)N(CC(=O)c3ccc(Cl)cc3)C2=O)cc1OC. The Labute approximate surface area is 196 Å². The predicted octanol–water partition coefficient (Wildman–Crippen LogP) is 5.27. The van der Waals surface area contributed by atoms with Gasteiger partial charge in [-0.25, -0.2) is 0 Å². The van der Waals surface area contributed by atoms with Crippen molar-refractivity contribution < 1.29 is 23.9 Å². The average molecular weight is 558 g/mol. The van der Waals surface area contributed by atoms with Gasteiger partial charge in [0.05, 0.1) is 28.7 Å². The molecule has 0 aromatic heterocycles. The fourth-order valence-electron chi connectivity index (χ4n) is 2.77. The molecule has 1 aliphatic heterocycles. The first kappa shape index (κ1) is 22.6. The number of ether oxygens (including phenoxy) is 2. The number of methoxy groups -OCH3 is 1. The standard InChI is InChI=1S/C21H17ClINO5S/c1-3-29-19-15(23)8-12(9-17(19)28-2)10-18-20(26)24(21(27)30-18)11-16(25)13-4-6-14(22)7-5-13/h4-10H,3,11H2,1-2H3/b18-10+. The zero-order chi connectivity index (χ0) is 21.8. The average Bonchev–Trinajstić information content (AvgIpc) is 2.97. The van der Waals surface area contributed by atoms with Crippen LogP contribution in [0.4, 0.5) is 4.79 Å². The number of thioether (sulfide) groups is 1. The van der Waals surface area contributed by atoms with Crippen LogP contribution in [0.2, 0.25) is 5.02 Å². The van der Waals surface area contributed by atoms with E-state index in [1.165, 1.54) is 7.11 Å². The number of nitrogens with zero attached hydrogens (tertiary/aromatic N) is 1. The smallest absolute Gasteiger partial charge is 0.293 e. The van der Waals surface area contributed by atoms with E-state index < -0.39 is 11.1 Å². The van der Waals surface area contributed by atoms with Gasteiger partial charge in [-0.05, 0) is 89.3 Å². The van der Waals surface area contributed by atoms with Gasteiger partial charge < -0.3 is 9.47 Å². The molecule has 0 aliphatic carbocycles. The minimum atomic E-state index is -0.504. The molecular weight excluding hydrogens is 541 g/mol. The van der Waals surface area contributed by atoms with Crippen LogP contribution in [0.3, 0.4) is 0 Å². The molecular formula is C21H17ClINO5S. The Morgan fingerprint density at radius 1 is 1.23 bits per heavy atom. The van der Waals surface area contributed by atoms with Crippen LogP contribution in [0.1, 0.15) is 22.8 Å². The number of benzene rings is 2. The molecule has 2 amide bonds. The second kappa shape index (κ2) is 9.84. The van der Waals surface area contributed by atoms with Gasteiger partial charge in [0.2, 0.25) is 0 Å². The summed E-state index contributed by atoms with van der Waals surface area (Å²) >= 11 is 8.76. The number of carbonyl (C=O) groups is 3. The van der Waals surface area contributed by atoms with Crippen LogP contribution < -0.4 is 9.47 Å². The maximum Gasteiger partial charge on any atom is 0.293 e. The lowest BCUT2D eigenvalue weighted by atomic mass is 10.1. The number of imide groups is 1. The molecule has 0 N–H and O–H groups in total. The zero-order valence-corrected chi connectivity index (χ0v) is 19.8. The summed E-state index contributed by atoms with van der Waals surface area (Å²) in [6.45, 7) is 2.05. The third kappa shape index (κ3) is 4.98.